The van der Waals surface area contributed by atoms with Crippen molar-refractivity contribution in [3.63, 3.8) is 0 Å². The average Bonchev–Trinajstić information content (AvgIpc) is 2.48. The third kappa shape index (κ3) is 2.75. The van der Waals surface area contributed by atoms with Crippen molar-refractivity contribution >= 4 is 0 Å². The van der Waals surface area contributed by atoms with E-state index in [1.165, 1.54) is 6.07 Å². The second kappa shape index (κ2) is 5.92. The van der Waals surface area contributed by atoms with Gasteiger partial charge in [0.25, 0.3) is 0 Å². The first-order valence-electron chi connectivity index (χ1n) is 6.30. The molecule has 0 aliphatic carbocycles. The zero-order valence-corrected chi connectivity index (χ0v) is 11.8. The van der Waals surface area contributed by atoms with E-state index in [1.54, 1.807) is 45.4 Å². The maximum Gasteiger partial charge on any atom is 0.126 e. The van der Waals surface area contributed by atoms with Crippen LogP contribution >= 0.6 is 0 Å². The van der Waals surface area contributed by atoms with Crippen LogP contribution in [-0.4, -0.2) is 14.2 Å². The minimum absolute atomic E-state index is 0.264. The van der Waals surface area contributed by atoms with Crippen LogP contribution in [0.2, 0.25) is 0 Å². The van der Waals surface area contributed by atoms with Gasteiger partial charge >= 0.3 is 0 Å². The lowest BCUT2D eigenvalue weighted by Crippen LogP contribution is -2.13. The molecule has 0 saturated heterocycles. The van der Waals surface area contributed by atoms with Crippen molar-refractivity contribution in [1.29, 1.82) is 0 Å². The second-order valence-corrected chi connectivity index (χ2v) is 4.59. The molecule has 0 aliphatic rings. The van der Waals surface area contributed by atoms with E-state index in [0.717, 1.165) is 5.56 Å². The molecule has 1 atom stereocenters. The topological polar surface area (TPSA) is 44.5 Å². The summed E-state index contributed by atoms with van der Waals surface area (Å²) in [5, 5.41) is 0. The van der Waals surface area contributed by atoms with Crippen LogP contribution in [0.5, 0.6) is 11.5 Å². The number of hydrogen-bond donors (Lipinski definition) is 1. The van der Waals surface area contributed by atoms with Gasteiger partial charge in [-0.25, -0.2) is 4.39 Å². The third-order valence-electron chi connectivity index (χ3n) is 3.33. The van der Waals surface area contributed by atoms with Crippen LogP contribution in [-0.2, 0) is 0 Å². The van der Waals surface area contributed by atoms with Gasteiger partial charge in [0.1, 0.15) is 17.3 Å². The minimum atomic E-state index is -0.477. The first kappa shape index (κ1) is 14.3. The van der Waals surface area contributed by atoms with Crippen LogP contribution in [0.25, 0.3) is 0 Å². The summed E-state index contributed by atoms with van der Waals surface area (Å²) in [6.07, 6.45) is 0. The summed E-state index contributed by atoms with van der Waals surface area (Å²) in [6.45, 7) is 1.72. The summed E-state index contributed by atoms with van der Waals surface area (Å²) < 4.78 is 24.2. The van der Waals surface area contributed by atoms with Gasteiger partial charge in [0.05, 0.1) is 20.3 Å². The molecule has 0 fully saturated rings. The van der Waals surface area contributed by atoms with Crippen molar-refractivity contribution in [2.45, 2.75) is 13.0 Å². The van der Waals surface area contributed by atoms with Gasteiger partial charge in [0, 0.05) is 5.56 Å². The lowest BCUT2D eigenvalue weighted by atomic mass is 9.97. The normalized spacial score (nSPS) is 12.1. The lowest BCUT2D eigenvalue weighted by Gasteiger charge is -2.17. The van der Waals surface area contributed by atoms with E-state index in [9.17, 15) is 4.39 Å². The second-order valence-electron chi connectivity index (χ2n) is 4.59. The van der Waals surface area contributed by atoms with Gasteiger partial charge in [0.15, 0.2) is 0 Å². The molecular weight excluding hydrogens is 257 g/mol. The van der Waals surface area contributed by atoms with Crippen LogP contribution < -0.4 is 15.2 Å². The summed E-state index contributed by atoms with van der Waals surface area (Å²) in [5.74, 6) is 1.07. The fourth-order valence-electron chi connectivity index (χ4n) is 2.06. The molecule has 2 N–H and O–H groups in total. The molecule has 0 spiro atoms. The molecule has 0 saturated carbocycles. The Morgan fingerprint density at radius 1 is 1.05 bits per heavy atom. The molecular formula is C16H18FNO2. The summed E-state index contributed by atoms with van der Waals surface area (Å²) in [6, 6.07) is 9.91. The van der Waals surface area contributed by atoms with Crippen molar-refractivity contribution < 1.29 is 13.9 Å². The van der Waals surface area contributed by atoms with Crippen LogP contribution in [0.4, 0.5) is 4.39 Å². The zero-order chi connectivity index (χ0) is 14.7. The van der Waals surface area contributed by atoms with Gasteiger partial charge < -0.3 is 15.2 Å². The number of benzene rings is 2. The van der Waals surface area contributed by atoms with Gasteiger partial charge in [-0.05, 0) is 42.3 Å². The molecule has 4 heteroatoms. The van der Waals surface area contributed by atoms with Gasteiger partial charge in [-0.1, -0.05) is 12.1 Å². The molecule has 0 aliphatic heterocycles. The Morgan fingerprint density at radius 3 is 2.40 bits per heavy atom. The fourth-order valence-corrected chi connectivity index (χ4v) is 2.06. The predicted molar refractivity (Wildman–Crippen MR) is 76.7 cm³/mol. The van der Waals surface area contributed by atoms with E-state index < -0.39 is 6.04 Å². The highest BCUT2D eigenvalue weighted by Crippen LogP contribution is 2.32. The van der Waals surface area contributed by atoms with Crippen LogP contribution in [0.1, 0.15) is 22.7 Å². The molecule has 0 radical (unpaired) electrons. The first-order chi connectivity index (χ1) is 9.56. The Hall–Kier alpha value is -2.07. The van der Waals surface area contributed by atoms with Gasteiger partial charge in [0.2, 0.25) is 0 Å². The SMILES string of the molecule is COc1ccc(OC)c(C(N)c2ccc(C)c(F)c2)c1. The largest absolute Gasteiger partial charge is 0.497 e. The highest BCUT2D eigenvalue weighted by molar-refractivity contribution is 5.46. The molecule has 0 amide bonds. The molecule has 0 bridgehead atoms. The molecule has 2 rings (SSSR count). The molecule has 3 nitrogen and oxygen atoms in total. The van der Waals surface area contributed by atoms with E-state index >= 15 is 0 Å². The fraction of sp³-hybridized carbons (Fsp3) is 0.250. The Labute approximate surface area is 118 Å². The Bertz CT molecular complexity index is 613. The summed E-state index contributed by atoms with van der Waals surface area (Å²) >= 11 is 0. The van der Waals surface area contributed by atoms with Crippen LogP contribution in [0.3, 0.4) is 0 Å². The minimum Gasteiger partial charge on any atom is -0.497 e. The summed E-state index contributed by atoms with van der Waals surface area (Å²) in [5.41, 5.74) is 8.28. The standard InChI is InChI=1S/C16H18FNO2/c1-10-4-5-11(8-14(10)17)16(18)13-9-12(19-2)6-7-15(13)20-3/h4-9,16H,18H2,1-3H3. The van der Waals surface area contributed by atoms with Crippen molar-refractivity contribution in [1.82, 2.24) is 0 Å². The Balaban J connectivity index is 2.45. The summed E-state index contributed by atoms with van der Waals surface area (Å²) in [7, 11) is 3.16. The third-order valence-corrected chi connectivity index (χ3v) is 3.33. The van der Waals surface area contributed by atoms with E-state index in [-0.39, 0.29) is 5.82 Å². The van der Waals surface area contributed by atoms with Crippen molar-refractivity contribution in [2.75, 3.05) is 14.2 Å². The molecule has 0 aromatic heterocycles. The van der Waals surface area contributed by atoms with E-state index in [1.807, 2.05) is 6.07 Å². The maximum atomic E-state index is 13.7. The van der Waals surface area contributed by atoms with Crippen molar-refractivity contribution in [3.8, 4) is 11.5 Å². The zero-order valence-electron chi connectivity index (χ0n) is 11.8. The van der Waals surface area contributed by atoms with Crippen LogP contribution in [0, 0.1) is 12.7 Å². The van der Waals surface area contributed by atoms with Gasteiger partial charge in [-0.15, -0.1) is 0 Å². The van der Waals surface area contributed by atoms with Crippen molar-refractivity contribution in [3.05, 3.63) is 58.9 Å². The predicted octanol–water partition coefficient (Wildman–Crippen LogP) is 3.20. The lowest BCUT2D eigenvalue weighted by molar-refractivity contribution is 0.397. The number of methoxy groups -OCH3 is 2. The first-order valence-corrected chi connectivity index (χ1v) is 6.30. The highest BCUT2D eigenvalue weighted by Gasteiger charge is 2.16. The number of ether oxygens (including phenoxy) is 2. The smallest absolute Gasteiger partial charge is 0.126 e. The van der Waals surface area contributed by atoms with Crippen molar-refractivity contribution in [2.24, 2.45) is 5.73 Å². The molecule has 2 aromatic rings. The maximum absolute atomic E-state index is 13.7. The highest BCUT2D eigenvalue weighted by atomic mass is 19.1. The monoisotopic (exact) mass is 275 g/mol. The molecule has 1 unspecified atom stereocenters. The quantitative estimate of drug-likeness (QED) is 0.932. The number of aryl methyl sites for hydroxylation is 1. The number of rotatable bonds is 4. The van der Waals surface area contributed by atoms with Gasteiger partial charge in [-0.2, -0.15) is 0 Å². The number of halogens is 1. The van der Waals surface area contributed by atoms with Crippen LogP contribution in [0.15, 0.2) is 36.4 Å². The molecule has 0 heterocycles. The molecule has 2 aromatic carbocycles. The molecule has 106 valence electrons. The number of hydrogen-bond acceptors (Lipinski definition) is 3. The summed E-state index contributed by atoms with van der Waals surface area (Å²) in [4.78, 5) is 0. The van der Waals surface area contributed by atoms with E-state index in [0.29, 0.717) is 22.6 Å². The average molecular weight is 275 g/mol. The van der Waals surface area contributed by atoms with E-state index in [2.05, 4.69) is 0 Å². The molecule has 20 heavy (non-hydrogen) atoms. The Morgan fingerprint density at radius 2 is 1.80 bits per heavy atom. The Kier molecular flexibility index (Phi) is 4.25. The van der Waals surface area contributed by atoms with E-state index in [4.69, 9.17) is 15.2 Å². The van der Waals surface area contributed by atoms with Gasteiger partial charge in [-0.3, -0.25) is 0 Å². The number of nitrogens with two attached hydrogens (primary N) is 1.